The Kier molecular flexibility index (Phi) is 9.52. The minimum Gasteiger partial charge on any atom is -0.493 e. The lowest BCUT2D eigenvalue weighted by molar-refractivity contribution is -0.123. The third-order valence-electron chi connectivity index (χ3n) is 5.82. The summed E-state index contributed by atoms with van der Waals surface area (Å²) < 4.78 is 12.1. The molecule has 0 radical (unpaired) electrons. The van der Waals surface area contributed by atoms with E-state index in [2.05, 4.69) is 26.7 Å². The van der Waals surface area contributed by atoms with E-state index in [0.717, 1.165) is 32.4 Å². The number of thioether (sulfide) groups is 1. The van der Waals surface area contributed by atoms with Gasteiger partial charge in [-0.05, 0) is 113 Å². The molecule has 0 aliphatic carbocycles. The van der Waals surface area contributed by atoms with Gasteiger partial charge in [0, 0.05) is 15.1 Å². The first-order chi connectivity index (χ1) is 19.0. The summed E-state index contributed by atoms with van der Waals surface area (Å²) in [5.74, 6) is -0.561. The fourth-order valence-corrected chi connectivity index (χ4v) is 5.44. The minimum atomic E-state index is -0.494. The predicted molar refractivity (Wildman–Crippen MR) is 165 cm³/mol. The summed E-state index contributed by atoms with van der Waals surface area (Å²) in [6.45, 7) is 3.73. The number of halogens is 2. The smallest absolute Gasteiger partial charge is 0.285 e. The molecule has 12 heteroatoms. The van der Waals surface area contributed by atoms with Crippen molar-refractivity contribution in [1.82, 2.24) is 10.4 Å². The van der Waals surface area contributed by atoms with Crippen molar-refractivity contribution in [1.29, 1.82) is 0 Å². The molecule has 0 aromatic heterocycles. The highest BCUT2D eigenvalue weighted by molar-refractivity contribution is 9.10. The van der Waals surface area contributed by atoms with Crippen LogP contribution >= 0.6 is 51.5 Å². The van der Waals surface area contributed by atoms with Crippen molar-refractivity contribution < 1.29 is 23.9 Å². The van der Waals surface area contributed by atoms with Gasteiger partial charge in [-0.15, -0.1) is 0 Å². The van der Waals surface area contributed by atoms with E-state index >= 15 is 0 Å². The van der Waals surface area contributed by atoms with Crippen LogP contribution in [0.4, 0.5) is 5.69 Å². The Labute approximate surface area is 254 Å². The van der Waals surface area contributed by atoms with Crippen molar-refractivity contribution >= 4 is 85.3 Å². The van der Waals surface area contributed by atoms with Gasteiger partial charge in [0.1, 0.15) is 0 Å². The van der Waals surface area contributed by atoms with E-state index in [-0.39, 0.29) is 16.8 Å². The van der Waals surface area contributed by atoms with Gasteiger partial charge in [-0.25, -0.2) is 0 Å². The Morgan fingerprint density at radius 3 is 2.48 bits per heavy atom. The zero-order valence-electron chi connectivity index (χ0n) is 21.5. The number of methoxy groups -OCH3 is 1. The predicted octanol–water partition coefficient (Wildman–Crippen LogP) is 6.29. The molecule has 2 N–H and O–H groups in total. The number of thiocarbonyl (C=S) groups is 1. The Bertz CT molecular complexity index is 1550. The molecular formula is C28H23BrClN3O5S2. The molecular weight excluding hydrogens is 638 g/mol. The van der Waals surface area contributed by atoms with Gasteiger partial charge in [-0.3, -0.25) is 19.8 Å². The molecule has 0 unspecified atom stereocenters. The number of hydrogen-bond acceptors (Lipinski definition) is 7. The zero-order valence-corrected chi connectivity index (χ0v) is 25.5. The van der Waals surface area contributed by atoms with Crippen molar-refractivity contribution in [2.45, 2.75) is 13.8 Å². The molecule has 0 bridgehead atoms. The molecule has 40 heavy (non-hydrogen) atoms. The van der Waals surface area contributed by atoms with Crippen molar-refractivity contribution in [2.24, 2.45) is 0 Å². The van der Waals surface area contributed by atoms with Gasteiger partial charge in [-0.2, -0.15) is 5.01 Å². The van der Waals surface area contributed by atoms with E-state index < -0.39 is 11.8 Å². The highest BCUT2D eigenvalue weighted by atomic mass is 79.9. The van der Waals surface area contributed by atoms with Crippen LogP contribution in [0, 0.1) is 13.8 Å². The van der Waals surface area contributed by atoms with Gasteiger partial charge in [0.25, 0.3) is 17.7 Å². The van der Waals surface area contributed by atoms with Gasteiger partial charge in [0.15, 0.2) is 22.4 Å². The largest absolute Gasteiger partial charge is 0.493 e. The molecule has 0 saturated carbocycles. The van der Waals surface area contributed by atoms with Crippen molar-refractivity contribution in [3.8, 4) is 11.5 Å². The number of rotatable bonds is 8. The number of amides is 3. The van der Waals surface area contributed by atoms with Crippen LogP contribution in [-0.2, 0) is 9.59 Å². The van der Waals surface area contributed by atoms with Crippen molar-refractivity contribution in [3.63, 3.8) is 0 Å². The molecule has 0 atom stereocenters. The van der Waals surface area contributed by atoms with Crippen LogP contribution in [0.25, 0.3) is 6.08 Å². The fourth-order valence-electron chi connectivity index (χ4n) is 3.58. The van der Waals surface area contributed by atoms with Crippen LogP contribution in [0.3, 0.4) is 0 Å². The maximum atomic E-state index is 13.0. The lowest BCUT2D eigenvalue weighted by atomic mass is 10.1. The van der Waals surface area contributed by atoms with Crippen LogP contribution in [0.5, 0.6) is 11.5 Å². The number of hydrogen-bond donors (Lipinski definition) is 2. The molecule has 1 fully saturated rings. The summed E-state index contributed by atoms with van der Waals surface area (Å²) in [5.41, 5.74) is 6.31. The maximum absolute atomic E-state index is 13.0. The first kappa shape index (κ1) is 29.6. The van der Waals surface area contributed by atoms with Gasteiger partial charge in [-0.1, -0.05) is 29.4 Å². The zero-order chi connectivity index (χ0) is 29.0. The lowest BCUT2D eigenvalue weighted by Crippen LogP contribution is -2.44. The Morgan fingerprint density at radius 1 is 1.07 bits per heavy atom. The van der Waals surface area contributed by atoms with E-state index in [0.29, 0.717) is 38.2 Å². The molecule has 1 aliphatic rings. The molecule has 1 aliphatic heterocycles. The molecule has 1 saturated heterocycles. The molecule has 4 rings (SSSR count). The summed E-state index contributed by atoms with van der Waals surface area (Å²) >= 11 is 15.7. The van der Waals surface area contributed by atoms with Gasteiger partial charge < -0.3 is 14.8 Å². The summed E-state index contributed by atoms with van der Waals surface area (Å²) in [7, 11) is 1.48. The SMILES string of the molecule is COc1cc(/C=C2/SC(=S)N(NC(=O)c3ccc(Cl)cc3)C2=O)ccc1OCC(=O)Nc1cc(C)c(C)cc1Br. The summed E-state index contributed by atoms with van der Waals surface area (Å²) in [4.78, 5) is 38.3. The van der Waals surface area contributed by atoms with Crippen LogP contribution in [-0.4, -0.2) is 40.8 Å². The van der Waals surface area contributed by atoms with Crippen LogP contribution < -0.4 is 20.2 Å². The molecule has 3 aromatic rings. The average Bonchev–Trinajstić information content (AvgIpc) is 3.18. The van der Waals surface area contributed by atoms with E-state index in [9.17, 15) is 14.4 Å². The van der Waals surface area contributed by atoms with Gasteiger partial charge in [0.05, 0.1) is 17.7 Å². The number of carbonyl (C=O) groups excluding carboxylic acids is 3. The Balaban J connectivity index is 1.41. The van der Waals surface area contributed by atoms with E-state index in [1.165, 1.54) is 7.11 Å². The number of carbonyl (C=O) groups is 3. The molecule has 206 valence electrons. The summed E-state index contributed by atoms with van der Waals surface area (Å²) in [6, 6.07) is 15.1. The molecule has 3 amide bonds. The molecule has 3 aromatic carbocycles. The highest BCUT2D eigenvalue weighted by Gasteiger charge is 2.33. The normalized spacial score (nSPS) is 13.9. The maximum Gasteiger partial charge on any atom is 0.285 e. The molecule has 0 spiro atoms. The average molecular weight is 661 g/mol. The second-order valence-electron chi connectivity index (χ2n) is 8.63. The number of benzene rings is 3. The first-order valence-electron chi connectivity index (χ1n) is 11.8. The number of nitrogens with zero attached hydrogens (tertiary/aromatic N) is 1. The lowest BCUT2D eigenvalue weighted by Gasteiger charge is -2.15. The van der Waals surface area contributed by atoms with Crippen LogP contribution in [0.1, 0.15) is 27.0 Å². The van der Waals surface area contributed by atoms with E-state index in [1.54, 1.807) is 48.5 Å². The number of ether oxygens (including phenoxy) is 2. The monoisotopic (exact) mass is 659 g/mol. The van der Waals surface area contributed by atoms with E-state index in [1.807, 2.05) is 26.0 Å². The number of aryl methyl sites for hydroxylation is 2. The second-order valence-corrected chi connectivity index (χ2v) is 11.6. The molecule has 1 heterocycles. The Morgan fingerprint density at radius 2 is 1.77 bits per heavy atom. The first-order valence-corrected chi connectivity index (χ1v) is 14.2. The van der Waals surface area contributed by atoms with Gasteiger partial charge in [0.2, 0.25) is 0 Å². The fraction of sp³-hybridized carbons (Fsp3) is 0.143. The number of hydrazine groups is 1. The summed E-state index contributed by atoms with van der Waals surface area (Å²) in [6.07, 6.45) is 1.63. The second kappa shape index (κ2) is 12.9. The quantitative estimate of drug-likeness (QED) is 0.217. The number of anilines is 1. The minimum absolute atomic E-state index is 0.187. The van der Waals surface area contributed by atoms with Crippen molar-refractivity contribution in [2.75, 3.05) is 19.0 Å². The Hall–Kier alpha value is -3.38. The number of nitrogens with one attached hydrogen (secondary N) is 2. The standard InChI is InChI=1S/C28H23BrClN3O5S2/c1-15-10-20(29)21(11-16(15)2)31-25(34)14-38-22-9-4-17(12-23(22)37-3)13-24-27(36)33(28(39)40-24)32-26(35)18-5-7-19(30)8-6-18/h4-13H,14H2,1-3H3,(H,31,34)(H,32,35)/b24-13+. The third kappa shape index (κ3) is 7.03. The summed E-state index contributed by atoms with van der Waals surface area (Å²) in [5, 5.41) is 4.35. The van der Waals surface area contributed by atoms with Crippen molar-refractivity contribution in [3.05, 3.63) is 91.3 Å². The van der Waals surface area contributed by atoms with Gasteiger partial charge >= 0.3 is 0 Å². The molecule has 8 nitrogen and oxygen atoms in total. The van der Waals surface area contributed by atoms with Crippen LogP contribution in [0.2, 0.25) is 5.02 Å². The van der Waals surface area contributed by atoms with Crippen LogP contribution in [0.15, 0.2) is 64.0 Å². The highest BCUT2D eigenvalue weighted by Crippen LogP contribution is 2.34. The third-order valence-corrected chi connectivity index (χ3v) is 8.03. The van der Waals surface area contributed by atoms with E-state index in [4.69, 9.17) is 33.3 Å². The topological polar surface area (TPSA) is 97.0 Å².